The molecule has 1 aromatic carbocycles. The summed E-state index contributed by atoms with van der Waals surface area (Å²) in [6.45, 7) is 6.58. The van der Waals surface area contributed by atoms with Crippen LogP contribution in [0.2, 0.25) is 5.02 Å². The number of carbonyl (C=O) groups is 1. The highest BCUT2D eigenvalue weighted by Gasteiger charge is 2.33. The predicted molar refractivity (Wildman–Crippen MR) is 109 cm³/mol. The maximum Gasteiger partial charge on any atom is 0.225 e. The lowest BCUT2D eigenvalue weighted by molar-refractivity contribution is -0.133. The zero-order valence-electron chi connectivity index (χ0n) is 17.2. The van der Waals surface area contributed by atoms with Gasteiger partial charge in [-0.25, -0.2) is 0 Å². The summed E-state index contributed by atoms with van der Waals surface area (Å²) in [4.78, 5) is 15.1. The summed E-state index contributed by atoms with van der Waals surface area (Å²) in [7, 11) is 3.28. The van der Waals surface area contributed by atoms with Crippen molar-refractivity contribution in [3.05, 3.63) is 40.2 Å². The second-order valence-corrected chi connectivity index (χ2v) is 7.71. The number of carbonyl (C=O) groups excluding carboxylic acids is 1. The number of amides is 1. The fourth-order valence-electron chi connectivity index (χ4n) is 4.01. The maximum atomic E-state index is 13.1. The molecule has 6 nitrogen and oxygen atoms in total. The van der Waals surface area contributed by atoms with E-state index in [0.29, 0.717) is 11.4 Å². The SMILES string of the molecule is COc1ccc(C2CCCN2C(=O)CC(C)n2nc(C)c(Cl)c2C)c(OC)c1. The Labute approximate surface area is 171 Å². The molecular weight excluding hydrogens is 378 g/mol. The van der Waals surface area contributed by atoms with Gasteiger partial charge in [-0.1, -0.05) is 11.6 Å². The third kappa shape index (κ3) is 3.83. The minimum Gasteiger partial charge on any atom is -0.497 e. The normalized spacial score (nSPS) is 17.6. The van der Waals surface area contributed by atoms with Gasteiger partial charge in [0.2, 0.25) is 5.91 Å². The standard InChI is InChI=1S/C21H28ClN3O3/c1-13(25-15(3)21(22)14(2)23-25)11-20(26)24-10-6-7-18(24)17-9-8-16(27-4)12-19(17)28-5/h8-9,12-13,18H,6-7,10-11H2,1-5H3. The lowest BCUT2D eigenvalue weighted by atomic mass is 10.0. The fourth-order valence-corrected chi connectivity index (χ4v) is 4.14. The van der Waals surface area contributed by atoms with Crippen molar-refractivity contribution in [3.63, 3.8) is 0 Å². The van der Waals surface area contributed by atoms with E-state index in [1.807, 2.05) is 48.6 Å². The van der Waals surface area contributed by atoms with E-state index in [9.17, 15) is 4.79 Å². The van der Waals surface area contributed by atoms with Gasteiger partial charge in [0.15, 0.2) is 0 Å². The molecule has 0 radical (unpaired) electrons. The van der Waals surface area contributed by atoms with Gasteiger partial charge < -0.3 is 14.4 Å². The third-order valence-electron chi connectivity index (χ3n) is 5.50. The van der Waals surface area contributed by atoms with Crippen LogP contribution in [0.15, 0.2) is 18.2 Å². The second-order valence-electron chi connectivity index (χ2n) is 7.34. The van der Waals surface area contributed by atoms with Crippen LogP contribution in [0.4, 0.5) is 0 Å². The monoisotopic (exact) mass is 405 g/mol. The van der Waals surface area contributed by atoms with Crippen molar-refractivity contribution in [2.24, 2.45) is 0 Å². The highest BCUT2D eigenvalue weighted by molar-refractivity contribution is 6.31. The summed E-state index contributed by atoms with van der Waals surface area (Å²) in [6, 6.07) is 5.75. The molecule has 1 fully saturated rings. The first-order chi connectivity index (χ1) is 13.4. The van der Waals surface area contributed by atoms with E-state index in [0.717, 1.165) is 47.8 Å². The molecule has 1 aliphatic rings. The van der Waals surface area contributed by atoms with E-state index < -0.39 is 0 Å². The smallest absolute Gasteiger partial charge is 0.225 e. The molecule has 1 aromatic heterocycles. The maximum absolute atomic E-state index is 13.1. The van der Waals surface area contributed by atoms with Gasteiger partial charge in [0.25, 0.3) is 0 Å². The van der Waals surface area contributed by atoms with E-state index >= 15 is 0 Å². The number of halogens is 1. The van der Waals surface area contributed by atoms with Crippen LogP contribution in [-0.2, 0) is 4.79 Å². The number of likely N-dealkylation sites (tertiary alicyclic amines) is 1. The fraction of sp³-hybridized carbons (Fsp3) is 0.524. The highest BCUT2D eigenvalue weighted by atomic mass is 35.5. The minimum atomic E-state index is -0.0577. The highest BCUT2D eigenvalue weighted by Crippen LogP contribution is 2.39. The Morgan fingerprint density at radius 2 is 2.07 bits per heavy atom. The van der Waals surface area contributed by atoms with Crippen molar-refractivity contribution >= 4 is 17.5 Å². The van der Waals surface area contributed by atoms with Crippen LogP contribution in [0.25, 0.3) is 0 Å². The number of benzene rings is 1. The molecule has 1 saturated heterocycles. The molecular formula is C21H28ClN3O3. The average molecular weight is 406 g/mol. The Morgan fingerprint density at radius 3 is 2.68 bits per heavy atom. The van der Waals surface area contributed by atoms with Gasteiger partial charge in [-0.3, -0.25) is 9.48 Å². The molecule has 152 valence electrons. The number of hydrogen-bond donors (Lipinski definition) is 0. The summed E-state index contributed by atoms with van der Waals surface area (Å²) in [6.07, 6.45) is 2.29. The second kappa shape index (κ2) is 8.43. The number of hydrogen-bond acceptors (Lipinski definition) is 4. The van der Waals surface area contributed by atoms with E-state index in [1.54, 1.807) is 14.2 Å². The average Bonchev–Trinajstić information content (AvgIpc) is 3.28. The molecule has 0 bridgehead atoms. The van der Waals surface area contributed by atoms with Crippen molar-refractivity contribution in [2.75, 3.05) is 20.8 Å². The predicted octanol–water partition coefficient (Wildman–Crippen LogP) is 4.49. The van der Waals surface area contributed by atoms with Crippen molar-refractivity contribution < 1.29 is 14.3 Å². The van der Waals surface area contributed by atoms with Crippen molar-refractivity contribution in [1.82, 2.24) is 14.7 Å². The van der Waals surface area contributed by atoms with Crippen LogP contribution in [0, 0.1) is 13.8 Å². The number of methoxy groups -OCH3 is 2. The van der Waals surface area contributed by atoms with Gasteiger partial charge in [-0.05, 0) is 45.7 Å². The topological polar surface area (TPSA) is 56.6 Å². The Kier molecular flexibility index (Phi) is 6.18. The zero-order chi connectivity index (χ0) is 20.4. The molecule has 0 spiro atoms. The quantitative estimate of drug-likeness (QED) is 0.710. The molecule has 1 aliphatic heterocycles. The molecule has 0 aliphatic carbocycles. The number of rotatable bonds is 6. The van der Waals surface area contributed by atoms with Gasteiger partial charge in [-0.15, -0.1) is 0 Å². The molecule has 7 heteroatoms. The van der Waals surface area contributed by atoms with Crippen molar-refractivity contribution in [1.29, 1.82) is 0 Å². The van der Waals surface area contributed by atoms with Gasteiger partial charge >= 0.3 is 0 Å². The van der Waals surface area contributed by atoms with Gasteiger partial charge in [0.1, 0.15) is 11.5 Å². The molecule has 0 saturated carbocycles. The lowest BCUT2D eigenvalue weighted by Crippen LogP contribution is -2.32. The Bertz CT molecular complexity index is 865. The van der Waals surface area contributed by atoms with Crippen LogP contribution >= 0.6 is 11.6 Å². The number of aryl methyl sites for hydroxylation is 1. The van der Waals surface area contributed by atoms with E-state index in [-0.39, 0.29) is 18.0 Å². The van der Waals surface area contributed by atoms with Crippen LogP contribution in [0.3, 0.4) is 0 Å². The van der Waals surface area contributed by atoms with Crippen molar-refractivity contribution in [2.45, 2.75) is 52.1 Å². The number of ether oxygens (including phenoxy) is 2. The molecule has 2 aromatic rings. The molecule has 0 N–H and O–H groups in total. The summed E-state index contributed by atoms with van der Waals surface area (Å²) in [5, 5.41) is 5.16. The number of nitrogens with zero attached hydrogens (tertiary/aromatic N) is 3. The molecule has 2 heterocycles. The Hall–Kier alpha value is -2.21. The summed E-state index contributed by atoms with van der Waals surface area (Å²) >= 11 is 6.26. The van der Waals surface area contributed by atoms with Crippen LogP contribution in [0.5, 0.6) is 11.5 Å². The van der Waals surface area contributed by atoms with Crippen LogP contribution in [-0.4, -0.2) is 41.4 Å². The minimum absolute atomic E-state index is 0.0181. The van der Waals surface area contributed by atoms with Crippen molar-refractivity contribution in [3.8, 4) is 11.5 Å². The van der Waals surface area contributed by atoms with Crippen LogP contribution < -0.4 is 9.47 Å². The van der Waals surface area contributed by atoms with E-state index in [2.05, 4.69) is 5.10 Å². The molecule has 2 atom stereocenters. The van der Waals surface area contributed by atoms with Gasteiger partial charge in [0.05, 0.1) is 42.7 Å². The molecule has 3 rings (SSSR count). The molecule has 28 heavy (non-hydrogen) atoms. The first-order valence-corrected chi connectivity index (χ1v) is 9.97. The van der Waals surface area contributed by atoms with E-state index in [1.165, 1.54) is 0 Å². The largest absolute Gasteiger partial charge is 0.497 e. The zero-order valence-corrected chi connectivity index (χ0v) is 17.9. The summed E-state index contributed by atoms with van der Waals surface area (Å²) < 4.78 is 12.7. The third-order valence-corrected chi connectivity index (χ3v) is 6.04. The Balaban J connectivity index is 1.79. The van der Waals surface area contributed by atoms with Crippen LogP contribution in [0.1, 0.15) is 55.2 Å². The first kappa shape index (κ1) is 20.5. The molecule has 2 unspecified atom stereocenters. The Morgan fingerprint density at radius 1 is 1.32 bits per heavy atom. The van der Waals surface area contributed by atoms with Gasteiger partial charge in [0, 0.05) is 24.6 Å². The van der Waals surface area contributed by atoms with Gasteiger partial charge in [-0.2, -0.15) is 5.10 Å². The molecule has 1 amide bonds. The summed E-state index contributed by atoms with van der Waals surface area (Å²) in [5.74, 6) is 1.62. The number of aromatic nitrogens is 2. The first-order valence-electron chi connectivity index (χ1n) is 9.60. The summed E-state index contributed by atoms with van der Waals surface area (Å²) in [5.41, 5.74) is 2.71. The van der Waals surface area contributed by atoms with E-state index in [4.69, 9.17) is 21.1 Å². The lowest BCUT2D eigenvalue weighted by Gasteiger charge is -2.28.